The molecule has 2 aromatic rings. The van der Waals surface area contributed by atoms with Crippen molar-refractivity contribution in [3.8, 4) is 0 Å². The second-order valence-corrected chi connectivity index (χ2v) is 6.51. The lowest BCUT2D eigenvalue weighted by Gasteiger charge is -2.32. The molecule has 1 fully saturated rings. The number of hydrogen-bond donors (Lipinski definition) is 1. The molecular formula is C18H20F3N5O. The minimum absolute atomic E-state index is 0.177. The molecule has 9 heteroatoms. The van der Waals surface area contributed by atoms with Crippen LogP contribution in [0.1, 0.15) is 21.7 Å². The number of benzene rings is 1. The van der Waals surface area contributed by atoms with Crippen LogP contribution in [0.3, 0.4) is 0 Å². The second kappa shape index (κ2) is 7.51. The molecule has 144 valence electrons. The summed E-state index contributed by atoms with van der Waals surface area (Å²) in [6.07, 6.45) is -4.41. The number of rotatable bonds is 3. The molecule has 0 atom stereocenters. The van der Waals surface area contributed by atoms with E-state index < -0.39 is 17.6 Å². The molecule has 0 aliphatic carbocycles. The van der Waals surface area contributed by atoms with Crippen molar-refractivity contribution in [2.75, 3.05) is 43.4 Å². The van der Waals surface area contributed by atoms with E-state index in [2.05, 4.69) is 20.2 Å². The highest BCUT2D eigenvalue weighted by Gasteiger charge is 2.30. The SMILES string of the molecule is Cc1cc(C(=O)Nc2ccc(C(F)(F)F)cc2)nc(N2CCN(C)CC2)n1. The van der Waals surface area contributed by atoms with Gasteiger partial charge < -0.3 is 15.1 Å². The van der Waals surface area contributed by atoms with Gasteiger partial charge in [-0.05, 0) is 44.3 Å². The van der Waals surface area contributed by atoms with E-state index in [9.17, 15) is 18.0 Å². The number of likely N-dealkylation sites (N-methyl/N-ethyl adjacent to an activating group) is 1. The first-order valence-corrected chi connectivity index (χ1v) is 8.50. The molecule has 0 spiro atoms. The van der Waals surface area contributed by atoms with Crippen LogP contribution in [-0.4, -0.2) is 54.0 Å². The third kappa shape index (κ3) is 4.73. The van der Waals surface area contributed by atoms with E-state index in [4.69, 9.17) is 0 Å². The number of nitrogens with one attached hydrogen (secondary N) is 1. The van der Waals surface area contributed by atoms with Gasteiger partial charge in [0, 0.05) is 37.6 Å². The van der Waals surface area contributed by atoms with Crippen molar-refractivity contribution in [1.29, 1.82) is 0 Å². The zero-order chi connectivity index (χ0) is 19.6. The highest BCUT2D eigenvalue weighted by atomic mass is 19.4. The summed E-state index contributed by atoms with van der Waals surface area (Å²) >= 11 is 0. The summed E-state index contributed by atoms with van der Waals surface area (Å²) in [5, 5.41) is 2.58. The molecule has 1 aliphatic rings. The van der Waals surface area contributed by atoms with E-state index >= 15 is 0 Å². The van der Waals surface area contributed by atoms with Gasteiger partial charge in [0.1, 0.15) is 5.69 Å². The molecule has 0 saturated carbocycles. The van der Waals surface area contributed by atoms with Gasteiger partial charge in [0.15, 0.2) is 0 Å². The van der Waals surface area contributed by atoms with Gasteiger partial charge in [-0.3, -0.25) is 4.79 Å². The van der Waals surface area contributed by atoms with Crippen molar-refractivity contribution in [1.82, 2.24) is 14.9 Å². The van der Waals surface area contributed by atoms with Crippen LogP contribution in [0.15, 0.2) is 30.3 Å². The number of amides is 1. The molecule has 0 bridgehead atoms. The van der Waals surface area contributed by atoms with Gasteiger partial charge in [-0.2, -0.15) is 13.2 Å². The highest BCUT2D eigenvalue weighted by molar-refractivity contribution is 6.03. The van der Waals surface area contributed by atoms with Crippen molar-refractivity contribution in [2.24, 2.45) is 0 Å². The van der Waals surface area contributed by atoms with E-state index in [1.807, 2.05) is 11.9 Å². The van der Waals surface area contributed by atoms with Crippen LogP contribution in [0.25, 0.3) is 0 Å². The van der Waals surface area contributed by atoms with Crippen LogP contribution in [0, 0.1) is 6.92 Å². The van der Waals surface area contributed by atoms with Gasteiger partial charge in [-0.15, -0.1) is 0 Å². The number of aromatic nitrogens is 2. The fraction of sp³-hybridized carbons (Fsp3) is 0.389. The Labute approximate surface area is 155 Å². The van der Waals surface area contributed by atoms with Gasteiger partial charge in [-0.1, -0.05) is 0 Å². The number of carbonyl (C=O) groups excluding carboxylic acids is 1. The number of aryl methyl sites for hydroxylation is 1. The van der Waals surface area contributed by atoms with Crippen LogP contribution >= 0.6 is 0 Å². The first-order chi connectivity index (χ1) is 12.7. The maximum Gasteiger partial charge on any atom is 0.416 e. The van der Waals surface area contributed by atoms with E-state index in [1.54, 1.807) is 13.0 Å². The molecule has 0 radical (unpaired) electrons. The largest absolute Gasteiger partial charge is 0.416 e. The van der Waals surface area contributed by atoms with Crippen molar-refractivity contribution >= 4 is 17.5 Å². The molecule has 27 heavy (non-hydrogen) atoms. The fourth-order valence-corrected chi connectivity index (χ4v) is 2.75. The molecule has 1 amide bonds. The first kappa shape index (κ1) is 19.1. The Hall–Kier alpha value is -2.68. The number of hydrogen-bond acceptors (Lipinski definition) is 5. The van der Waals surface area contributed by atoms with Crippen LogP contribution in [-0.2, 0) is 6.18 Å². The zero-order valence-electron chi connectivity index (χ0n) is 15.0. The lowest BCUT2D eigenvalue weighted by Crippen LogP contribution is -2.45. The number of halogens is 3. The molecule has 1 aromatic heterocycles. The number of piperazine rings is 1. The standard InChI is InChI=1S/C18H20F3N5O/c1-12-11-15(24-17(22-12)26-9-7-25(2)8-10-26)16(27)23-14-5-3-13(4-6-14)18(19,20)21/h3-6,11H,7-10H2,1-2H3,(H,23,27). The molecule has 1 aliphatic heterocycles. The average Bonchev–Trinajstić information content (AvgIpc) is 2.61. The number of nitrogens with zero attached hydrogens (tertiary/aromatic N) is 4. The minimum atomic E-state index is -4.41. The Morgan fingerprint density at radius 3 is 2.30 bits per heavy atom. The maximum atomic E-state index is 12.6. The van der Waals surface area contributed by atoms with Crippen LogP contribution in [0.4, 0.5) is 24.8 Å². The molecule has 6 nitrogen and oxygen atoms in total. The van der Waals surface area contributed by atoms with Gasteiger partial charge >= 0.3 is 6.18 Å². The van der Waals surface area contributed by atoms with Crippen LogP contribution in [0.5, 0.6) is 0 Å². The summed E-state index contributed by atoms with van der Waals surface area (Å²) in [6, 6.07) is 5.85. The first-order valence-electron chi connectivity index (χ1n) is 8.50. The van der Waals surface area contributed by atoms with Gasteiger partial charge in [0.25, 0.3) is 5.91 Å². The van der Waals surface area contributed by atoms with Crippen molar-refractivity contribution in [2.45, 2.75) is 13.1 Å². The number of alkyl halides is 3. The Kier molecular flexibility index (Phi) is 5.31. The Morgan fingerprint density at radius 2 is 1.70 bits per heavy atom. The van der Waals surface area contributed by atoms with E-state index in [0.29, 0.717) is 11.6 Å². The van der Waals surface area contributed by atoms with Gasteiger partial charge in [0.2, 0.25) is 5.95 Å². The fourth-order valence-electron chi connectivity index (χ4n) is 2.75. The quantitative estimate of drug-likeness (QED) is 0.889. The average molecular weight is 379 g/mol. The number of anilines is 2. The predicted molar refractivity (Wildman–Crippen MR) is 95.9 cm³/mol. The summed E-state index contributed by atoms with van der Waals surface area (Å²) in [5.41, 5.74) is 0.328. The van der Waals surface area contributed by atoms with Crippen molar-refractivity contribution in [3.63, 3.8) is 0 Å². The number of carbonyl (C=O) groups is 1. The lowest BCUT2D eigenvalue weighted by atomic mass is 10.2. The summed E-state index contributed by atoms with van der Waals surface area (Å²) in [7, 11) is 2.04. The molecule has 3 rings (SSSR count). The van der Waals surface area contributed by atoms with E-state index in [0.717, 1.165) is 38.3 Å². The molecule has 2 heterocycles. The summed E-state index contributed by atoms with van der Waals surface area (Å²) < 4.78 is 37.9. The third-order valence-electron chi connectivity index (χ3n) is 4.33. The molecular weight excluding hydrogens is 359 g/mol. The lowest BCUT2D eigenvalue weighted by molar-refractivity contribution is -0.137. The van der Waals surface area contributed by atoms with Gasteiger partial charge in [-0.25, -0.2) is 9.97 Å². The topological polar surface area (TPSA) is 61.4 Å². The van der Waals surface area contributed by atoms with Gasteiger partial charge in [0.05, 0.1) is 5.56 Å². The molecule has 1 saturated heterocycles. The van der Waals surface area contributed by atoms with E-state index in [1.165, 1.54) is 12.1 Å². The Bertz CT molecular complexity index is 815. The zero-order valence-corrected chi connectivity index (χ0v) is 15.0. The highest BCUT2D eigenvalue weighted by Crippen LogP contribution is 2.29. The summed E-state index contributed by atoms with van der Waals surface area (Å²) in [5.74, 6) is -0.00342. The van der Waals surface area contributed by atoms with Crippen LogP contribution < -0.4 is 10.2 Å². The monoisotopic (exact) mass is 379 g/mol. The van der Waals surface area contributed by atoms with E-state index in [-0.39, 0.29) is 11.4 Å². The summed E-state index contributed by atoms with van der Waals surface area (Å²) in [6.45, 7) is 5.06. The molecule has 0 unspecified atom stereocenters. The predicted octanol–water partition coefficient (Wildman–Crippen LogP) is 2.81. The van der Waals surface area contributed by atoms with Crippen molar-refractivity contribution < 1.29 is 18.0 Å². The Balaban J connectivity index is 1.74. The van der Waals surface area contributed by atoms with Crippen molar-refractivity contribution in [3.05, 3.63) is 47.3 Å². The molecule has 1 N–H and O–H groups in total. The smallest absolute Gasteiger partial charge is 0.338 e. The van der Waals surface area contributed by atoms with Crippen LogP contribution in [0.2, 0.25) is 0 Å². The second-order valence-electron chi connectivity index (χ2n) is 6.51. The Morgan fingerprint density at radius 1 is 1.07 bits per heavy atom. The minimum Gasteiger partial charge on any atom is -0.338 e. The maximum absolute atomic E-state index is 12.6. The molecule has 1 aromatic carbocycles. The normalized spacial score (nSPS) is 15.7. The third-order valence-corrected chi connectivity index (χ3v) is 4.33. The summed E-state index contributed by atoms with van der Waals surface area (Å²) in [4.78, 5) is 25.4.